The van der Waals surface area contributed by atoms with Gasteiger partial charge in [0.15, 0.2) is 12.0 Å². The molecule has 2 aliphatic carbocycles. The molecule has 440 valence electrons. The van der Waals surface area contributed by atoms with Gasteiger partial charge < -0.3 is 29.0 Å². The van der Waals surface area contributed by atoms with Crippen LogP contribution in [0.1, 0.15) is 130 Å². The Balaban J connectivity index is 0.000000265. The normalized spacial score (nSPS) is 21.6. The summed E-state index contributed by atoms with van der Waals surface area (Å²) >= 11 is 0. The van der Waals surface area contributed by atoms with Gasteiger partial charge in [-0.15, -0.1) is 0 Å². The summed E-state index contributed by atoms with van der Waals surface area (Å²) in [6.45, 7) is 14.8. The van der Waals surface area contributed by atoms with Gasteiger partial charge in [0.05, 0.1) is 23.7 Å². The fourth-order valence-electron chi connectivity index (χ4n) is 14.2. The zero-order valence-corrected chi connectivity index (χ0v) is 51.5. The van der Waals surface area contributed by atoms with Crippen LogP contribution >= 0.6 is 0 Å². The number of rotatable bonds is 17. The highest BCUT2D eigenvalue weighted by molar-refractivity contribution is 7.19. The maximum Gasteiger partial charge on any atom is 0.302 e. The fraction of sp³-hybridized carbons (Fsp3) is 0.342. The first kappa shape index (κ1) is 60.6. The van der Waals surface area contributed by atoms with Crippen LogP contribution in [-0.4, -0.2) is 70.9 Å². The Morgan fingerprint density at radius 2 is 1.31 bits per heavy atom. The van der Waals surface area contributed by atoms with E-state index in [9.17, 15) is 9.90 Å². The molecule has 8 nitrogen and oxygen atoms in total. The van der Waals surface area contributed by atoms with Crippen molar-refractivity contribution < 1.29 is 33.4 Å². The van der Waals surface area contributed by atoms with Crippen LogP contribution in [0.5, 0.6) is 5.75 Å². The van der Waals surface area contributed by atoms with Gasteiger partial charge in [-0.05, 0) is 112 Å². The monoisotopic (exact) mass is 1130 g/mol. The van der Waals surface area contributed by atoms with Gasteiger partial charge in [-0.25, -0.2) is 0 Å². The van der Waals surface area contributed by atoms with Crippen molar-refractivity contribution >= 4 is 45.4 Å². The van der Waals surface area contributed by atoms with Gasteiger partial charge in [-0.3, -0.25) is 4.79 Å². The minimum absolute atomic E-state index is 0.00563. The molecule has 0 spiro atoms. The SMILES string of the molecule is CCC(CC(O)CC1CC(CC)OC(c2ccc(OC3=C(C=CC4=[N+](C)c5ccccc5C4(C)C)CCCC3=CC=C3N(C)C4=C(CCC=C4)C3(C)C)cc2)O1)OC(C)=O.c1ccc([B-](c2ccccc2)(c2ccccc2)c2ccccc2)cc1. The van der Waals surface area contributed by atoms with Crippen molar-refractivity contribution in [3.63, 3.8) is 0 Å². The molecule has 1 saturated heterocycles. The molecule has 0 saturated carbocycles. The fourth-order valence-corrected chi connectivity index (χ4v) is 14.2. The number of carbonyl (C=O) groups excluding carboxylic acids is 1. The number of fused-ring (bicyclic) bond motifs is 1. The average Bonchev–Trinajstić information content (AvgIpc) is 1.93. The molecule has 9 heteroatoms. The summed E-state index contributed by atoms with van der Waals surface area (Å²) < 4.78 is 27.6. The number of benzene rings is 6. The molecule has 3 aliphatic heterocycles. The number of ether oxygens (including phenoxy) is 4. The molecule has 0 amide bonds. The van der Waals surface area contributed by atoms with Gasteiger partial charge >= 0.3 is 5.97 Å². The first-order valence-corrected chi connectivity index (χ1v) is 31.1. The Morgan fingerprint density at radius 3 is 1.86 bits per heavy atom. The lowest BCUT2D eigenvalue weighted by Crippen LogP contribution is -2.74. The number of para-hydroxylation sites is 1. The minimum Gasteiger partial charge on any atom is -0.462 e. The molecule has 0 bridgehead atoms. The molecule has 5 atom stereocenters. The number of hydrogen-bond donors (Lipinski definition) is 1. The number of aliphatic hydroxyl groups is 1. The van der Waals surface area contributed by atoms with Crippen LogP contribution in [0.15, 0.2) is 240 Å². The highest BCUT2D eigenvalue weighted by Gasteiger charge is 2.43. The van der Waals surface area contributed by atoms with E-state index in [1.54, 1.807) is 0 Å². The van der Waals surface area contributed by atoms with Gasteiger partial charge in [0.25, 0.3) is 0 Å². The van der Waals surface area contributed by atoms with Gasteiger partial charge in [0, 0.05) is 66.9 Å². The lowest BCUT2D eigenvalue weighted by Gasteiger charge is -2.44. The van der Waals surface area contributed by atoms with E-state index in [1.807, 2.05) is 31.2 Å². The van der Waals surface area contributed by atoms with Crippen LogP contribution < -0.4 is 26.6 Å². The Hall–Kier alpha value is -7.56. The number of aliphatic hydroxyl groups excluding tert-OH is 1. The third-order valence-corrected chi connectivity index (χ3v) is 18.6. The molecule has 6 aromatic carbocycles. The summed E-state index contributed by atoms with van der Waals surface area (Å²) in [5.41, 5.74) is 16.5. The summed E-state index contributed by atoms with van der Waals surface area (Å²) in [6.07, 6.45) is 19.0. The van der Waals surface area contributed by atoms with Crippen LogP contribution in [-0.2, 0) is 24.4 Å². The smallest absolute Gasteiger partial charge is 0.302 e. The Labute approximate surface area is 506 Å². The summed E-state index contributed by atoms with van der Waals surface area (Å²) in [6, 6.07) is 60.3. The van der Waals surface area contributed by atoms with Gasteiger partial charge in [-0.1, -0.05) is 192 Å². The van der Waals surface area contributed by atoms with Gasteiger partial charge in [0.2, 0.25) is 5.69 Å². The zero-order valence-electron chi connectivity index (χ0n) is 51.5. The second kappa shape index (κ2) is 26.8. The average molecular weight is 1140 g/mol. The van der Waals surface area contributed by atoms with Crippen LogP contribution in [0.2, 0.25) is 0 Å². The summed E-state index contributed by atoms with van der Waals surface area (Å²) in [7, 11) is 4.37. The van der Waals surface area contributed by atoms with E-state index in [0.717, 1.165) is 55.6 Å². The lowest BCUT2D eigenvalue weighted by molar-refractivity contribution is -0.401. The first-order valence-electron chi connectivity index (χ1n) is 31.1. The molecule has 1 N–H and O–H groups in total. The molecule has 6 aromatic rings. The molecule has 0 radical (unpaired) electrons. The second-order valence-electron chi connectivity index (χ2n) is 24.8. The summed E-state index contributed by atoms with van der Waals surface area (Å²) in [5, 5.41) is 11.0. The van der Waals surface area contributed by atoms with E-state index in [-0.39, 0.29) is 35.1 Å². The number of carbonyl (C=O) groups is 1. The predicted octanol–water partition coefficient (Wildman–Crippen LogP) is 14.3. The number of esters is 1. The molecular weight excluding hydrogens is 1050 g/mol. The third-order valence-electron chi connectivity index (χ3n) is 18.6. The van der Waals surface area contributed by atoms with E-state index < -0.39 is 18.5 Å². The highest BCUT2D eigenvalue weighted by Crippen LogP contribution is 2.50. The quantitative estimate of drug-likeness (QED) is 0.0554. The largest absolute Gasteiger partial charge is 0.462 e. The number of hydrogen-bond acceptors (Lipinski definition) is 7. The lowest BCUT2D eigenvalue weighted by atomic mass is 9.13. The first-order chi connectivity index (χ1) is 41.1. The van der Waals surface area contributed by atoms with Crippen LogP contribution in [0, 0.1) is 5.41 Å². The molecule has 85 heavy (non-hydrogen) atoms. The van der Waals surface area contributed by atoms with Crippen molar-refractivity contribution in [3.05, 3.63) is 251 Å². The van der Waals surface area contributed by atoms with E-state index in [0.29, 0.717) is 25.7 Å². The molecule has 5 unspecified atom stereocenters. The van der Waals surface area contributed by atoms with E-state index in [4.69, 9.17) is 18.9 Å². The Morgan fingerprint density at radius 1 is 0.729 bits per heavy atom. The van der Waals surface area contributed by atoms with Crippen LogP contribution in [0.4, 0.5) is 5.69 Å². The molecule has 0 aromatic heterocycles. The van der Waals surface area contributed by atoms with E-state index in [2.05, 4.69) is 240 Å². The van der Waals surface area contributed by atoms with Crippen LogP contribution in [0.25, 0.3) is 0 Å². The van der Waals surface area contributed by atoms with E-state index >= 15 is 0 Å². The van der Waals surface area contributed by atoms with Crippen molar-refractivity contribution in [3.8, 4) is 5.75 Å². The van der Waals surface area contributed by atoms with Crippen molar-refractivity contribution in [1.82, 2.24) is 4.90 Å². The molecular formula is C76H87BN2O6. The maximum absolute atomic E-state index is 11.6. The van der Waals surface area contributed by atoms with Crippen molar-refractivity contribution in [2.24, 2.45) is 5.41 Å². The number of allylic oxidation sites excluding steroid dienone is 9. The molecule has 11 rings (SSSR count). The maximum atomic E-state index is 11.6. The third kappa shape index (κ3) is 13.0. The number of likely N-dealkylation sites (N-methyl/N-ethyl adjacent to an activating group) is 1. The minimum atomic E-state index is -1.22. The summed E-state index contributed by atoms with van der Waals surface area (Å²) in [4.78, 5) is 13.9. The molecule has 1 fully saturated rings. The molecule has 5 aliphatic rings. The Kier molecular flexibility index (Phi) is 19.1. The zero-order chi connectivity index (χ0) is 59.7. The topological polar surface area (TPSA) is 80.5 Å². The highest BCUT2D eigenvalue weighted by atomic mass is 16.7. The van der Waals surface area contributed by atoms with Crippen molar-refractivity contribution in [2.45, 2.75) is 149 Å². The van der Waals surface area contributed by atoms with Crippen molar-refractivity contribution in [2.75, 3.05) is 14.1 Å². The second-order valence-corrected chi connectivity index (χ2v) is 24.8. The van der Waals surface area contributed by atoms with Gasteiger partial charge in [0.1, 0.15) is 30.8 Å². The van der Waals surface area contributed by atoms with Crippen LogP contribution in [0.3, 0.4) is 0 Å². The summed E-state index contributed by atoms with van der Waals surface area (Å²) in [5.74, 6) is 1.34. The number of nitrogens with zero attached hydrogens (tertiary/aromatic N) is 2. The predicted molar refractivity (Wildman–Crippen MR) is 349 cm³/mol. The standard InChI is InChI=1S/C52H67N2O6.C24H20B/c1-10-39(57-34(3)55)31-38(56)32-42-33-40(11-2)59-50(60-42)37-23-27-41(28-24-37)58-49-35(25-29-47-51(4,5)43-19-12-14-21-45(43)53(47)8)17-16-18-36(49)26-30-48-52(6,7)44-20-13-15-22-46(44)54(48)9;1-5-13-21(14-6-1)25(22-15-7-2-8-16-22,23-17-9-3-10-18-23)24-19-11-4-12-20-24/h12,14-15,19,21-30,38-40,42,50,56H,10-11,13,16-18,20,31-33H2,1-9H3;1-20H/q+1;-1. The van der Waals surface area contributed by atoms with Gasteiger partial charge in [-0.2, -0.15) is 26.4 Å². The molecule has 3 heterocycles. The Bertz CT molecular complexity index is 3340. The van der Waals surface area contributed by atoms with Crippen molar-refractivity contribution in [1.29, 1.82) is 0 Å². The van der Waals surface area contributed by atoms with E-state index in [1.165, 1.54) is 73.9 Å².